The first-order valence-corrected chi connectivity index (χ1v) is 6.83. The van der Waals surface area contributed by atoms with Crippen LogP contribution in [-0.2, 0) is 17.3 Å². The van der Waals surface area contributed by atoms with E-state index >= 15 is 0 Å². The molecule has 0 radical (unpaired) electrons. The molecule has 1 aromatic rings. The molecule has 2 unspecified atom stereocenters. The molecule has 1 rings (SSSR count). The van der Waals surface area contributed by atoms with Gasteiger partial charge in [0.25, 0.3) is 0 Å². The highest BCUT2D eigenvalue weighted by Gasteiger charge is 2.09. The molecular formula is C10H19N3OS. The molecule has 1 heterocycles. The number of hydrogen-bond acceptors (Lipinski definition) is 3. The second kappa shape index (κ2) is 6.02. The Morgan fingerprint density at radius 2 is 2.40 bits per heavy atom. The van der Waals surface area contributed by atoms with E-state index in [0.29, 0.717) is 6.04 Å². The normalized spacial score (nSPS) is 15.1. The Morgan fingerprint density at radius 1 is 1.67 bits per heavy atom. The summed E-state index contributed by atoms with van der Waals surface area (Å²) in [6.45, 7) is 2.95. The molecule has 0 fully saturated rings. The van der Waals surface area contributed by atoms with Crippen LogP contribution in [0.1, 0.15) is 25.1 Å². The van der Waals surface area contributed by atoms with E-state index in [1.807, 2.05) is 19.6 Å². The van der Waals surface area contributed by atoms with Gasteiger partial charge in [-0.05, 0) is 20.4 Å². The zero-order valence-corrected chi connectivity index (χ0v) is 10.4. The molecule has 15 heavy (non-hydrogen) atoms. The summed E-state index contributed by atoms with van der Waals surface area (Å²) in [4.78, 5) is 4.14. The number of nitrogens with one attached hydrogen (secondary N) is 1. The Kier molecular flexibility index (Phi) is 4.98. The SMILES string of the molecule is CNCc1cncn1C(C)CCS(C)=O. The monoisotopic (exact) mass is 229 g/mol. The molecule has 0 spiro atoms. The summed E-state index contributed by atoms with van der Waals surface area (Å²) in [6.07, 6.45) is 6.39. The average Bonchev–Trinajstić information content (AvgIpc) is 2.63. The minimum absolute atomic E-state index is 0.361. The molecular weight excluding hydrogens is 210 g/mol. The standard InChI is InChI=1S/C10H19N3OS/c1-9(4-5-15(3)14)13-8-12-7-10(13)6-11-2/h7-9,11H,4-6H2,1-3H3. The third-order valence-corrected chi connectivity index (χ3v) is 3.21. The second-order valence-electron chi connectivity index (χ2n) is 3.74. The molecule has 0 bridgehead atoms. The zero-order valence-electron chi connectivity index (χ0n) is 9.56. The van der Waals surface area contributed by atoms with Crippen molar-refractivity contribution in [2.45, 2.75) is 25.9 Å². The van der Waals surface area contributed by atoms with Crippen molar-refractivity contribution in [3.63, 3.8) is 0 Å². The van der Waals surface area contributed by atoms with E-state index in [1.165, 1.54) is 5.69 Å². The summed E-state index contributed by atoms with van der Waals surface area (Å²) in [5, 5.41) is 3.11. The van der Waals surface area contributed by atoms with Crippen LogP contribution in [0.2, 0.25) is 0 Å². The highest BCUT2D eigenvalue weighted by molar-refractivity contribution is 7.84. The van der Waals surface area contributed by atoms with Crippen LogP contribution in [-0.4, -0.2) is 32.8 Å². The maximum atomic E-state index is 11.0. The fourth-order valence-electron chi connectivity index (χ4n) is 1.52. The highest BCUT2D eigenvalue weighted by atomic mass is 32.2. The van der Waals surface area contributed by atoms with Crippen molar-refractivity contribution in [2.24, 2.45) is 0 Å². The number of imidazole rings is 1. The van der Waals surface area contributed by atoms with Crippen LogP contribution in [0.15, 0.2) is 12.5 Å². The van der Waals surface area contributed by atoms with Gasteiger partial charge in [0, 0.05) is 41.6 Å². The molecule has 0 aliphatic rings. The van der Waals surface area contributed by atoms with Crippen LogP contribution >= 0.6 is 0 Å². The van der Waals surface area contributed by atoms with Crippen molar-refractivity contribution in [3.05, 3.63) is 18.2 Å². The van der Waals surface area contributed by atoms with Gasteiger partial charge in [-0.2, -0.15) is 0 Å². The minimum Gasteiger partial charge on any atom is -0.331 e. The van der Waals surface area contributed by atoms with Gasteiger partial charge in [0.15, 0.2) is 0 Å². The molecule has 1 aromatic heterocycles. The van der Waals surface area contributed by atoms with E-state index in [9.17, 15) is 4.21 Å². The minimum atomic E-state index is -0.707. The summed E-state index contributed by atoms with van der Waals surface area (Å²) < 4.78 is 13.1. The highest BCUT2D eigenvalue weighted by Crippen LogP contribution is 2.13. The van der Waals surface area contributed by atoms with Gasteiger partial charge in [0.05, 0.1) is 12.0 Å². The van der Waals surface area contributed by atoms with Gasteiger partial charge in [0.1, 0.15) is 0 Å². The predicted molar refractivity (Wildman–Crippen MR) is 63.3 cm³/mol. The smallest absolute Gasteiger partial charge is 0.0951 e. The number of rotatable bonds is 6. The molecule has 5 heteroatoms. The van der Waals surface area contributed by atoms with Gasteiger partial charge in [-0.1, -0.05) is 0 Å². The van der Waals surface area contributed by atoms with Gasteiger partial charge < -0.3 is 9.88 Å². The predicted octanol–water partition coefficient (Wildman–Crippen LogP) is 0.932. The Balaban J connectivity index is 2.59. The van der Waals surface area contributed by atoms with Crippen LogP contribution in [0.25, 0.3) is 0 Å². The van der Waals surface area contributed by atoms with Crippen LogP contribution < -0.4 is 5.32 Å². The van der Waals surface area contributed by atoms with E-state index in [0.717, 1.165) is 18.7 Å². The maximum absolute atomic E-state index is 11.0. The Hall–Kier alpha value is -0.680. The summed E-state index contributed by atoms with van der Waals surface area (Å²) in [5.41, 5.74) is 1.17. The Bertz CT molecular complexity index is 324. The summed E-state index contributed by atoms with van der Waals surface area (Å²) >= 11 is 0. The molecule has 4 nitrogen and oxygen atoms in total. The van der Waals surface area contributed by atoms with Gasteiger partial charge in [-0.25, -0.2) is 4.98 Å². The third kappa shape index (κ3) is 3.76. The van der Waals surface area contributed by atoms with E-state index in [2.05, 4.69) is 21.8 Å². The van der Waals surface area contributed by atoms with Crippen LogP contribution in [0.4, 0.5) is 0 Å². The van der Waals surface area contributed by atoms with Crippen molar-refractivity contribution in [1.29, 1.82) is 0 Å². The summed E-state index contributed by atoms with van der Waals surface area (Å²) in [6, 6.07) is 0.361. The first kappa shape index (κ1) is 12.4. The van der Waals surface area contributed by atoms with Gasteiger partial charge >= 0.3 is 0 Å². The lowest BCUT2D eigenvalue weighted by Crippen LogP contribution is -2.15. The van der Waals surface area contributed by atoms with Gasteiger partial charge in [-0.15, -0.1) is 0 Å². The number of hydrogen-bond donors (Lipinski definition) is 1. The van der Waals surface area contributed by atoms with E-state index in [4.69, 9.17) is 0 Å². The molecule has 2 atom stereocenters. The fraction of sp³-hybridized carbons (Fsp3) is 0.700. The van der Waals surface area contributed by atoms with Crippen LogP contribution in [0, 0.1) is 0 Å². The molecule has 86 valence electrons. The quantitative estimate of drug-likeness (QED) is 0.789. The fourth-order valence-corrected chi connectivity index (χ4v) is 2.20. The Morgan fingerprint density at radius 3 is 3.00 bits per heavy atom. The van der Waals surface area contributed by atoms with Crippen molar-refractivity contribution in [2.75, 3.05) is 19.1 Å². The molecule has 0 saturated carbocycles. The number of aromatic nitrogens is 2. The first-order valence-electron chi connectivity index (χ1n) is 5.10. The van der Waals surface area contributed by atoms with Gasteiger partial charge in [0.2, 0.25) is 0 Å². The lowest BCUT2D eigenvalue weighted by Gasteiger charge is -2.15. The largest absolute Gasteiger partial charge is 0.331 e. The lowest BCUT2D eigenvalue weighted by atomic mass is 10.2. The van der Waals surface area contributed by atoms with Crippen LogP contribution in [0.5, 0.6) is 0 Å². The van der Waals surface area contributed by atoms with Crippen molar-refractivity contribution >= 4 is 10.8 Å². The van der Waals surface area contributed by atoms with Gasteiger partial charge in [-0.3, -0.25) is 4.21 Å². The molecule has 0 amide bonds. The molecule has 0 aliphatic carbocycles. The van der Waals surface area contributed by atoms with E-state index in [1.54, 1.807) is 6.26 Å². The summed E-state index contributed by atoms with van der Waals surface area (Å²) in [5.74, 6) is 0.748. The van der Waals surface area contributed by atoms with E-state index in [-0.39, 0.29) is 0 Å². The lowest BCUT2D eigenvalue weighted by molar-refractivity contribution is 0.507. The maximum Gasteiger partial charge on any atom is 0.0951 e. The van der Waals surface area contributed by atoms with Crippen molar-refractivity contribution in [1.82, 2.24) is 14.9 Å². The van der Waals surface area contributed by atoms with E-state index < -0.39 is 10.8 Å². The Labute approximate surface area is 93.5 Å². The first-order chi connectivity index (χ1) is 7.15. The topological polar surface area (TPSA) is 46.9 Å². The molecule has 0 aliphatic heterocycles. The van der Waals surface area contributed by atoms with Crippen LogP contribution in [0.3, 0.4) is 0 Å². The van der Waals surface area contributed by atoms with Crippen molar-refractivity contribution in [3.8, 4) is 0 Å². The average molecular weight is 229 g/mol. The third-order valence-electron chi connectivity index (χ3n) is 2.40. The zero-order chi connectivity index (χ0) is 11.3. The summed E-state index contributed by atoms with van der Waals surface area (Å²) in [7, 11) is 1.21. The number of nitrogens with zero attached hydrogens (tertiary/aromatic N) is 2. The molecule has 0 aromatic carbocycles. The molecule has 0 saturated heterocycles. The second-order valence-corrected chi connectivity index (χ2v) is 5.29. The molecule has 1 N–H and O–H groups in total. The van der Waals surface area contributed by atoms with Crippen molar-refractivity contribution < 1.29 is 4.21 Å².